The fourth-order valence-corrected chi connectivity index (χ4v) is 1.49. The number of hydrogen-bond acceptors (Lipinski definition) is 0. The zero-order valence-corrected chi connectivity index (χ0v) is 8.64. The first-order valence-electron chi connectivity index (χ1n) is 5.21. The minimum atomic E-state index is 1.01. The molecule has 0 nitrogen and oxygen atoms in total. The third-order valence-corrected chi connectivity index (χ3v) is 2.31. The lowest BCUT2D eigenvalue weighted by Crippen LogP contribution is -1.74. The molecule has 0 unspecified atom stereocenters. The van der Waals surface area contributed by atoms with Crippen LogP contribution in [0.15, 0.2) is 72.4 Å². The zero-order valence-electron chi connectivity index (χ0n) is 8.64. The number of benzene rings is 1. The summed E-state index contributed by atoms with van der Waals surface area (Å²) in [5.41, 5.74) is 2.58. The predicted molar refractivity (Wildman–Crippen MR) is 66.5 cm³/mol. The fraction of sp³-hybridized carbons (Fsp3) is 0.0667. The molecule has 0 bridgehead atoms. The molecular weight excluding hydrogens is 180 g/mol. The minimum Gasteiger partial charge on any atom is -0.0801 e. The Morgan fingerprint density at radius 2 is 1.73 bits per heavy atom. The van der Waals surface area contributed by atoms with Gasteiger partial charge in [-0.1, -0.05) is 72.9 Å². The van der Waals surface area contributed by atoms with Crippen molar-refractivity contribution >= 4 is 6.08 Å². The van der Waals surface area contributed by atoms with E-state index in [2.05, 4.69) is 66.8 Å². The Morgan fingerprint density at radius 3 is 2.60 bits per heavy atom. The molecule has 0 radical (unpaired) electrons. The van der Waals surface area contributed by atoms with E-state index in [9.17, 15) is 0 Å². The highest BCUT2D eigenvalue weighted by atomic mass is 14.0. The minimum absolute atomic E-state index is 1.01. The monoisotopic (exact) mass is 194 g/mol. The first kappa shape index (κ1) is 9.72. The molecule has 0 saturated heterocycles. The summed E-state index contributed by atoms with van der Waals surface area (Å²) in [7, 11) is 0. The summed E-state index contributed by atoms with van der Waals surface area (Å²) in [5, 5.41) is 0. The van der Waals surface area contributed by atoms with Gasteiger partial charge in [0.05, 0.1) is 0 Å². The lowest BCUT2D eigenvalue weighted by Gasteiger charge is -1.95. The summed E-state index contributed by atoms with van der Waals surface area (Å²) in [4.78, 5) is 0. The Labute approximate surface area is 91.0 Å². The summed E-state index contributed by atoms with van der Waals surface area (Å²) in [6.45, 7) is 0. The van der Waals surface area contributed by atoms with Gasteiger partial charge in [-0.15, -0.1) is 0 Å². The van der Waals surface area contributed by atoms with Gasteiger partial charge in [0.15, 0.2) is 0 Å². The van der Waals surface area contributed by atoms with E-state index in [1.807, 2.05) is 6.07 Å². The topological polar surface area (TPSA) is 0 Å². The highest BCUT2D eigenvalue weighted by Crippen LogP contribution is 2.11. The second-order valence-corrected chi connectivity index (χ2v) is 3.50. The van der Waals surface area contributed by atoms with Crippen molar-refractivity contribution in [2.45, 2.75) is 6.42 Å². The molecular formula is C15H14. The van der Waals surface area contributed by atoms with Crippen molar-refractivity contribution in [3.05, 3.63) is 77.9 Å². The summed E-state index contributed by atoms with van der Waals surface area (Å²) >= 11 is 0. The molecule has 0 saturated carbocycles. The average Bonchev–Trinajstić information content (AvgIpc) is 2.56. The van der Waals surface area contributed by atoms with Gasteiger partial charge < -0.3 is 0 Å². The first-order chi connectivity index (χ1) is 7.45. The predicted octanol–water partition coefficient (Wildman–Crippen LogP) is 4.14. The second kappa shape index (κ2) is 5.16. The molecule has 0 spiro atoms. The van der Waals surface area contributed by atoms with Crippen LogP contribution in [0.25, 0.3) is 6.08 Å². The zero-order chi connectivity index (χ0) is 10.3. The van der Waals surface area contributed by atoms with Crippen molar-refractivity contribution in [2.75, 3.05) is 0 Å². The van der Waals surface area contributed by atoms with Crippen LogP contribution in [0.1, 0.15) is 12.0 Å². The van der Waals surface area contributed by atoms with Gasteiger partial charge in [0.25, 0.3) is 0 Å². The van der Waals surface area contributed by atoms with Crippen LogP contribution >= 0.6 is 0 Å². The number of rotatable bonds is 2. The van der Waals surface area contributed by atoms with Crippen molar-refractivity contribution in [1.29, 1.82) is 0 Å². The normalized spacial score (nSPS) is 15.3. The van der Waals surface area contributed by atoms with Crippen LogP contribution in [0.5, 0.6) is 0 Å². The van der Waals surface area contributed by atoms with Gasteiger partial charge in [0, 0.05) is 0 Å². The Hall–Kier alpha value is -1.82. The quantitative estimate of drug-likeness (QED) is 0.663. The van der Waals surface area contributed by atoms with E-state index < -0.39 is 0 Å². The molecule has 0 N–H and O–H groups in total. The van der Waals surface area contributed by atoms with E-state index in [1.165, 1.54) is 11.1 Å². The molecule has 74 valence electrons. The summed E-state index contributed by atoms with van der Waals surface area (Å²) in [6, 6.07) is 10.4. The Kier molecular flexibility index (Phi) is 3.34. The molecule has 0 aliphatic heterocycles. The van der Waals surface area contributed by atoms with Crippen LogP contribution in [-0.4, -0.2) is 0 Å². The van der Waals surface area contributed by atoms with E-state index in [-0.39, 0.29) is 0 Å². The molecule has 0 atom stereocenters. The van der Waals surface area contributed by atoms with Gasteiger partial charge in [-0.05, 0) is 17.6 Å². The largest absolute Gasteiger partial charge is 0.0801 e. The van der Waals surface area contributed by atoms with Gasteiger partial charge in [0.1, 0.15) is 0 Å². The Morgan fingerprint density at radius 1 is 0.867 bits per heavy atom. The molecule has 2 rings (SSSR count). The second-order valence-electron chi connectivity index (χ2n) is 3.50. The van der Waals surface area contributed by atoms with Crippen molar-refractivity contribution in [2.24, 2.45) is 0 Å². The molecule has 1 aromatic rings. The van der Waals surface area contributed by atoms with Crippen LogP contribution in [0.2, 0.25) is 0 Å². The molecule has 0 heteroatoms. The molecule has 1 aliphatic carbocycles. The van der Waals surface area contributed by atoms with Crippen LogP contribution in [0.3, 0.4) is 0 Å². The van der Waals surface area contributed by atoms with Crippen molar-refractivity contribution in [1.82, 2.24) is 0 Å². The average molecular weight is 194 g/mol. The van der Waals surface area contributed by atoms with E-state index in [0.717, 1.165) is 6.42 Å². The van der Waals surface area contributed by atoms with Crippen LogP contribution < -0.4 is 0 Å². The summed E-state index contributed by atoms with van der Waals surface area (Å²) in [6.07, 6.45) is 15.9. The van der Waals surface area contributed by atoms with Gasteiger partial charge in [-0.25, -0.2) is 0 Å². The SMILES string of the molecule is C1=CC=C(/C=C/c2ccccc2)CC=C1. The Balaban J connectivity index is 2.09. The highest BCUT2D eigenvalue weighted by molar-refractivity contribution is 5.53. The fourth-order valence-electron chi connectivity index (χ4n) is 1.49. The maximum Gasteiger partial charge on any atom is -0.00943 e. The molecule has 0 aromatic heterocycles. The van der Waals surface area contributed by atoms with Crippen LogP contribution in [0.4, 0.5) is 0 Å². The number of allylic oxidation sites excluding steroid dienone is 7. The van der Waals surface area contributed by atoms with Gasteiger partial charge in [0.2, 0.25) is 0 Å². The van der Waals surface area contributed by atoms with Crippen LogP contribution in [0, 0.1) is 0 Å². The molecule has 15 heavy (non-hydrogen) atoms. The van der Waals surface area contributed by atoms with E-state index >= 15 is 0 Å². The third kappa shape index (κ3) is 3.10. The first-order valence-corrected chi connectivity index (χ1v) is 5.21. The smallest absolute Gasteiger partial charge is 0.00943 e. The van der Waals surface area contributed by atoms with Gasteiger partial charge >= 0.3 is 0 Å². The van der Waals surface area contributed by atoms with E-state index in [1.54, 1.807) is 0 Å². The Bertz CT molecular complexity index is 417. The standard InChI is InChI=1S/C15H14/c1-2-5-9-14(8-4-1)12-13-15-10-6-3-7-11-15/h1-8,10-13H,9H2/b13-12+. The molecule has 0 amide bonds. The third-order valence-electron chi connectivity index (χ3n) is 2.31. The van der Waals surface area contributed by atoms with Crippen molar-refractivity contribution < 1.29 is 0 Å². The maximum atomic E-state index is 2.18. The summed E-state index contributed by atoms with van der Waals surface area (Å²) < 4.78 is 0. The summed E-state index contributed by atoms with van der Waals surface area (Å²) in [5.74, 6) is 0. The van der Waals surface area contributed by atoms with Gasteiger partial charge in [-0.3, -0.25) is 0 Å². The van der Waals surface area contributed by atoms with Crippen molar-refractivity contribution in [3.8, 4) is 0 Å². The van der Waals surface area contributed by atoms with Crippen LogP contribution in [-0.2, 0) is 0 Å². The molecule has 1 aliphatic rings. The van der Waals surface area contributed by atoms with E-state index in [0.29, 0.717) is 0 Å². The molecule has 1 aromatic carbocycles. The molecule has 0 fully saturated rings. The number of hydrogen-bond donors (Lipinski definition) is 0. The lowest BCUT2D eigenvalue weighted by atomic mass is 10.1. The lowest BCUT2D eigenvalue weighted by molar-refractivity contribution is 1.30. The van der Waals surface area contributed by atoms with Gasteiger partial charge in [-0.2, -0.15) is 0 Å². The highest BCUT2D eigenvalue weighted by Gasteiger charge is 1.90. The maximum absolute atomic E-state index is 2.18. The molecule has 0 heterocycles. The van der Waals surface area contributed by atoms with E-state index in [4.69, 9.17) is 0 Å². The van der Waals surface area contributed by atoms with Crippen molar-refractivity contribution in [3.63, 3.8) is 0 Å².